The first-order valence-electron chi connectivity index (χ1n) is 5.29. The average molecular weight is 286 g/mol. The SMILES string of the molecule is C[C@H]1C[C@H]1C(=O)NCc1cc(F)cc(Br)c1. The molecule has 2 nitrogen and oxygen atoms in total. The lowest BCUT2D eigenvalue weighted by Crippen LogP contribution is -2.24. The fourth-order valence-electron chi connectivity index (χ4n) is 1.72. The van der Waals surface area contributed by atoms with Crippen LogP contribution in [0.25, 0.3) is 0 Å². The van der Waals surface area contributed by atoms with Gasteiger partial charge < -0.3 is 5.32 Å². The molecule has 4 heteroatoms. The highest BCUT2D eigenvalue weighted by molar-refractivity contribution is 9.10. The van der Waals surface area contributed by atoms with E-state index in [0.29, 0.717) is 16.9 Å². The van der Waals surface area contributed by atoms with Crippen molar-refractivity contribution in [1.29, 1.82) is 0 Å². The highest BCUT2D eigenvalue weighted by Crippen LogP contribution is 2.37. The molecule has 1 aliphatic carbocycles. The monoisotopic (exact) mass is 285 g/mol. The Hall–Kier alpha value is -0.900. The summed E-state index contributed by atoms with van der Waals surface area (Å²) in [6.45, 7) is 2.45. The Balaban J connectivity index is 1.91. The minimum atomic E-state index is -0.293. The first-order chi connectivity index (χ1) is 7.56. The number of amides is 1. The van der Waals surface area contributed by atoms with E-state index in [4.69, 9.17) is 0 Å². The van der Waals surface area contributed by atoms with Gasteiger partial charge in [-0.15, -0.1) is 0 Å². The predicted octanol–water partition coefficient (Wildman–Crippen LogP) is 2.86. The molecule has 0 unspecified atom stereocenters. The molecule has 1 aromatic rings. The van der Waals surface area contributed by atoms with E-state index < -0.39 is 0 Å². The summed E-state index contributed by atoms with van der Waals surface area (Å²) in [5.74, 6) is 0.447. The lowest BCUT2D eigenvalue weighted by molar-refractivity contribution is -0.122. The number of hydrogen-bond donors (Lipinski definition) is 1. The molecule has 86 valence electrons. The van der Waals surface area contributed by atoms with Crippen LogP contribution in [0.2, 0.25) is 0 Å². The highest BCUT2D eigenvalue weighted by Gasteiger charge is 2.38. The van der Waals surface area contributed by atoms with Gasteiger partial charge in [-0.1, -0.05) is 22.9 Å². The van der Waals surface area contributed by atoms with Gasteiger partial charge in [-0.05, 0) is 36.1 Å². The molecule has 0 aliphatic heterocycles. The molecular weight excluding hydrogens is 273 g/mol. The molecule has 0 radical (unpaired) electrons. The number of hydrogen-bond acceptors (Lipinski definition) is 1. The van der Waals surface area contributed by atoms with Crippen molar-refractivity contribution in [2.24, 2.45) is 11.8 Å². The first kappa shape index (κ1) is 11.6. The molecule has 0 heterocycles. The highest BCUT2D eigenvalue weighted by atomic mass is 79.9. The quantitative estimate of drug-likeness (QED) is 0.909. The van der Waals surface area contributed by atoms with Crippen molar-refractivity contribution in [2.75, 3.05) is 0 Å². The van der Waals surface area contributed by atoms with Crippen molar-refractivity contribution < 1.29 is 9.18 Å². The fourth-order valence-corrected chi connectivity index (χ4v) is 2.23. The van der Waals surface area contributed by atoms with Crippen LogP contribution in [-0.2, 0) is 11.3 Å². The first-order valence-corrected chi connectivity index (χ1v) is 6.08. The number of nitrogens with one attached hydrogen (secondary N) is 1. The Morgan fingerprint density at radius 2 is 2.25 bits per heavy atom. The van der Waals surface area contributed by atoms with Crippen LogP contribution in [0.3, 0.4) is 0 Å². The largest absolute Gasteiger partial charge is 0.352 e. The smallest absolute Gasteiger partial charge is 0.223 e. The van der Waals surface area contributed by atoms with E-state index in [-0.39, 0.29) is 17.6 Å². The molecule has 1 saturated carbocycles. The summed E-state index contributed by atoms with van der Waals surface area (Å²) in [6.07, 6.45) is 0.971. The van der Waals surface area contributed by atoms with E-state index in [2.05, 4.69) is 28.2 Å². The summed E-state index contributed by atoms with van der Waals surface area (Å²) in [6, 6.07) is 4.63. The van der Waals surface area contributed by atoms with Gasteiger partial charge >= 0.3 is 0 Å². The number of rotatable bonds is 3. The lowest BCUT2D eigenvalue weighted by atomic mass is 10.2. The predicted molar refractivity (Wildman–Crippen MR) is 63.2 cm³/mol. The maximum Gasteiger partial charge on any atom is 0.223 e. The zero-order valence-corrected chi connectivity index (χ0v) is 10.6. The van der Waals surface area contributed by atoms with Crippen LogP contribution in [-0.4, -0.2) is 5.91 Å². The summed E-state index contributed by atoms with van der Waals surface area (Å²) in [5, 5.41) is 2.82. The summed E-state index contributed by atoms with van der Waals surface area (Å²) < 4.78 is 13.7. The Morgan fingerprint density at radius 1 is 1.56 bits per heavy atom. The summed E-state index contributed by atoms with van der Waals surface area (Å²) >= 11 is 3.22. The summed E-state index contributed by atoms with van der Waals surface area (Å²) in [5.41, 5.74) is 0.772. The van der Waals surface area contributed by atoms with Gasteiger partial charge in [-0.3, -0.25) is 4.79 Å². The zero-order chi connectivity index (χ0) is 11.7. The van der Waals surface area contributed by atoms with E-state index in [9.17, 15) is 9.18 Å². The third-order valence-corrected chi connectivity index (χ3v) is 3.29. The molecule has 1 N–H and O–H groups in total. The van der Waals surface area contributed by atoms with Crippen LogP contribution in [0.4, 0.5) is 4.39 Å². The third-order valence-electron chi connectivity index (χ3n) is 2.84. The van der Waals surface area contributed by atoms with Gasteiger partial charge in [0.2, 0.25) is 5.91 Å². The Kier molecular flexibility index (Phi) is 3.28. The van der Waals surface area contributed by atoms with Crippen LogP contribution in [0.5, 0.6) is 0 Å². The van der Waals surface area contributed by atoms with Crippen LogP contribution < -0.4 is 5.32 Å². The molecule has 2 atom stereocenters. The van der Waals surface area contributed by atoms with Gasteiger partial charge in [0.1, 0.15) is 5.82 Å². The number of carbonyl (C=O) groups is 1. The Bertz CT molecular complexity index is 401. The second kappa shape index (κ2) is 4.53. The number of halogens is 2. The molecule has 0 spiro atoms. The van der Waals surface area contributed by atoms with Crippen molar-refractivity contribution in [2.45, 2.75) is 19.9 Å². The van der Waals surface area contributed by atoms with Gasteiger partial charge in [0.05, 0.1) is 0 Å². The molecule has 2 rings (SSSR count). The normalized spacial score (nSPS) is 22.9. The van der Waals surface area contributed by atoms with Crippen LogP contribution in [0.1, 0.15) is 18.9 Å². The Morgan fingerprint density at radius 3 is 2.81 bits per heavy atom. The second-order valence-electron chi connectivity index (χ2n) is 4.31. The van der Waals surface area contributed by atoms with Gasteiger partial charge in [0.15, 0.2) is 0 Å². The van der Waals surface area contributed by atoms with Crippen molar-refractivity contribution >= 4 is 21.8 Å². The van der Waals surface area contributed by atoms with Gasteiger partial charge in [0, 0.05) is 16.9 Å². The molecule has 1 aliphatic rings. The van der Waals surface area contributed by atoms with Crippen LogP contribution in [0, 0.1) is 17.7 Å². The van der Waals surface area contributed by atoms with Crippen LogP contribution in [0.15, 0.2) is 22.7 Å². The minimum Gasteiger partial charge on any atom is -0.352 e. The van der Waals surface area contributed by atoms with E-state index in [1.54, 1.807) is 6.07 Å². The maximum atomic E-state index is 13.0. The average Bonchev–Trinajstić information content (AvgIpc) is 2.90. The standard InChI is InChI=1S/C12H13BrFNO/c1-7-2-11(7)12(16)15-6-8-3-9(13)5-10(14)4-8/h3-5,7,11H,2,6H2,1H3,(H,15,16)/t7-,11+/m0/s1. The van der Waals surface area contributed by atoms with E-state index in [0.717, 1.165) is 12.0 Å². The number of carbonyl (C=O) groups excluding carboxylic acids is 1. The maximum absolute atomic E-state index is 13.0. The molecule has 16 heavy (non-hydrogen) atoms. The second-order valence-corrected chi connectivity index (χ2v) is 5.23. The Labute approximate surface area is 102 Å². The van der Waals surface area contributed by atoms with Crippen LogP contribution >= 0.6 is 15.9 Å². The van der Waals surface area contributed by atoms with Crippen molar-refractivity contribution in [3.8, 4) is 0 Å². The van der Waals surface area contributed by atoms with Gasteiger partial charge in [-0.2, -0.15) is 0 Å². The fraction of sp³-hybridized carbons (Fsp3) is 0.417. The topological polar surface area (TPSA) is 29.1 Å². The molecule has 0 aromatic heterocycles. The zero-order valence-electron chi connectivity index (χ0n) is 8.97. The summed E-state index contributed by atoms with van der Waals surface area (Å²) in [7, 11) is 0. The lowest BCUT2D eigenvalue weighted by Gasteiger charge is -2.05. The molecule has 0 bridgehead atoms. The number of benzene rings is 1. The van der Waals surface area contributed by atoms with Crippen molar-refractivity contribution in [1.82, 2.24) is 5.32 Å². The molecule has 1 fully saturated rings. The molecular formula is C12H13BrFNO. The van der Waals surface area contributed by atoms with Crippen molar-refractivity contribution in [3.63, 3.8) is 0 Å². The van der Waals surface area contributed by atoms with Crippen molar-refractivity contribution in [3.05, 3.63) is 34.1 Å². The van der Waals surface area contributed by atoms with Gasteiger partial charge in [0.25, 0.3) is 0 Å². The molecule has 0 saturated heterocycles. The summed E-state index contributed by atoms with van der Waals surface area (Å²) in [4.78, 5) is 11.5. The molecule has 1 amide bonds. The minimum absolute atomic E-state index is 0.0767. The van der Waals surface area contributed by atoms with Gasteiger partial charge in [-0.25, -0.2) is 4.39 Å². The van der Waals surface area contributed by atoms with E-state index in [1.807, 2.05) is 0 Å². The molecule has 1 aromatic carbocycles. The third kappa shape index (κ3) is 2.82. The van der Waals surface area contributed by atoms with E-state index in [1.165, 1.54) is 12.1 Å². The van der Waals surface area contributed by atoms with E-state index >= 15 is 0 Å².